The van der Waals surface area contributed by atoms with Crippen LogP contribution in [-0.2, 0) is 0 Å². The van der Waals surface area contributed by atoms with Gasteiger partial charge in [-0.3, -0.25) is 0 Å². The Morgan fingerprint density at radius 1 is 0.308 bits per heavy atom. The van der Waals surface area contributed by atoms with Crippen molar-refractivity contribution in [2.45, 2.75) is 0 Å². The predicted octanol–water partition coefficient (Wildman–Crippen LogP) is 14.4. The number of nitrogens with zero attached hydrogens (tertiary/aromatic N) is 1. The molecule has 0 radical (unpaired) electrons. The summed E-state index contributed by atoms with van der Waals surface area (Å²) in [6.07, 6.45) is 0. The minimum absolute atomic E-state index is 0.893. The maximum atomic E-state index is 6.60. The van der Waals surface area contributed by atoms with Crippen LogP contribution in [0.2, 0.25) is 0 Å². The fraction of sp³-hybridized carbons (Fsp3) is 0. The molecule has 1 aromatic heterocycles. The highest BCUT2D eigenvalue weighted by molar-refractivity contribution is 6.19. The van der Waals surface area contributed by atoms with E-state index in [0.717, 1.165) is 55.5 Å². The Kier molecular flexibility index (Phi) is 7.18. The molecule has 0 bridgehead atoms. The van der Waals surface area contributed by atoms with Gasteiger partial charge >= 0.3 is 0 Å². The third kappa shape index (κ3) is 5.21. The highest BCUT2D eigenvalue weighted by atomic mass is 16.3. The molecule has 0 aliphatic heterocycles. The number of benzene rings is 9. The summed E-state index contributed by atoms with van der Waals surface area (Å²) in [5, 5.41) is 7.05. The van der Waals surface area contributed by atoms with E-state index in [2.05, 4.69) is 205 Å². The standard InChI is InChI=1S/C50H33NO/c1-3-12-34(13-4-1)38-16-11-19-43(31-38)51(41-17-5-2-6-18-41)42-27-24-36(25-28-42)39-26-29-49-47(32-39)48-33-46(44-20-9-10-21-45(44)50(48)52-49)40-23-22-35-14-7-8-15-37(35)30-40/h1-33H. The zero-order valence-corrected chi connectivity index (χ0v) is 28.4. The minimum atomic E-state index is 0.893. The van der Waals surface area contributed by atoms with Gasteiger partial charge in [0, 0.05) is 33.2 Å². The first-order chi connectivity index (χ1) is 25.8. The second kappa shape index (κ2) is 12.5. The zero-order valence-electron chi connectivity index (χ0n) is 28.4. The smallest absolute Gasteiger partial charge is 0.143 e. The molecular formula is C50H33NO. The van der Waals surface area contributed by atoms with Crippen molar-refractivity contribution in [3.63, 3.8) is 0 Å². The van der Waals surface area contributed by atoms with Crippen molar-refractivity contribution in [1.82, 2.24) is 0 Å². The van der Waals surface area contributed by atoms with Crippen LogP contribution in [0, 0.1) is 0 Å². The molecule has 244 valence electrons. The number of anilines is 3. The van der Waals surface area contributed by atoms with Crippen molar-refractivity contribution in [3.05, 3.63) is 200 Å². The van der Waals surface area contributed by atoms with Gasteiger partial charge in [-0.2, -0.15) is 0 Å². The highest BCUT2D eigenvalue weighted by Gasteiger charge is 2.17. The number of hydrogen-bond acceptors (Lipinski definition) is 2. The predicted molar refractivity (Wildman–Crippen MR) is 220 cm³/mol. The van der Waals surface area contributed by atoms with Gasteiger partial charge in [-0.1, -0.05) is 140 Å². The van der Waals surface area contributed by atoms with Crippen LogP contribution in [-0.4, -0.2) is 0 Å². The Balaban J connectivity index is 1.07. The van der Waals surface area contributed by atoms with Crippen molar-refractivity contribution in [3.8, 4) is 33.4 Å². The molecular weight excluding hydrogens is 631 g/mol. The molecule has 2 heteroatoms. The maximum absolute atomic E-state index is 6.60. The molecule has 0 unspecified atom stereocenters. The van der Waals surface area contributed by atoms with Gasteiger partial charge in [0.2, 0.25) is 0 Å². The average molecular weight is 664 g/mol. The molecule has 0 spiro atoms. The molecule has 2 nitrogen and oxygen atoms in total. The third-order valence-corrected chi connectivity index (χ3v) is 10.2. The van der Waals surface area contributed by atoms with Crippen molar-refractivity contribution in [2.75, 3.05) is 4.90 Å². The molecule has 0 amide bonds. The van der Waals surface area contributed by atoms with Crippen LogP contribution < -0.4 is 4.90 Å². The fourth-order valence-electron chi connectivity index (χ4n) is 7.66. The van der Waals surface area contributed by atoms with Gasteiger partial charge in [0.1, 0.15) is 11.2 Å². The Hall–Kier alpha value is -6.90. The first-order valence-corrected chi connectivity index (χ1v) is 17.8. The average Bonchev–Trinajstić information content (AvgIpc) is 3.60. The molecule has 9 aromatic carbocycles. The van der Waals surface area contributed by atoms with Crippen molar-refractivity contribution in [2.24, 2.45) is 0 Å². The molecule has 1 heterocycles. The number of furan rings is 1. The van der Waals surface area contributed by atoms with E-state index in [1.54, 1.807) is 0 Å². The van der Waals surface area contributed by atoms with E-state index in [0.29, 0.717) is 0 Å². The highest BCUT2D eigenvalue weighted by Crippen LogP contribution is 2.42. The molecule has 0 fully saturated rings. The first kappa shape index (κ1) is 30.0. The minimum Gasteiger partial charge on any atom is -0.455 e. The van der Waals surface area contributed by atoms with E-state index in [-0.39, 0.29) is 0 Å². The van der Waals surface area contributed by atoms with E-state index in [1.807, 2.05) is 0 Å². The Morgan fingerprint density at radius 3 is 1.73 bits per heavy atom. The summed E-state index contributed by atoms with van der Waals surface area (Å²) in [6, 6.07) is 71.6. The summed E-state index contributed by atoms with van der Waals surface area (Å²) in [7, 11) is 0. The third-order valence-electron chi connectivity index (χ3n) is 10.2. The number of para-hydroxylation sites is 1. The lowest BCUT2D eigenvalue weighted by atomic mass is 9.93. The Morgan fingerprint density at radius 2 is 0.904 bits per heavy atom. The lowest BCUT2D eigenvalue weighted by Gasteiger charge is -2.26. The summed E-state index contributed by atoms with van der Waals surface area (Å²) in [5.74, 6) is 0. The van der Waals surface area contributed by atoms with Gasteiger partial charge < -0.3 is 9.32 Å². The topological polar surface area (TPSA) is 16.4 Å². The second-order valence-corrected chi connectivity index (χ2v) is 13.4. The summed E-state index contributed by atoms with van der Waals surface area (Å²) in [5.41, 5.74) is 12.3. The van der Waals surface area contributed by atoms with Gasteiger partial charge in [-0.05, 0) is 110 Å². The molecule has 10 rings (SSSR count). The molecule has 0 saturated heterocycles. The van der Waals surface area contributed by atoms with Crippen molar-refractivity contribution < 1.29 is 4.42 Å². The second-order valence-electron chi connectivity index (χ2n) is 13.4. The van der Waals surface area contributed by atoms with Crippen LogP contribution in [0.25, 0.3) is 76.9 Å². The van der Waals surface area contributed by atoms with Crippen molar-refractivity contribution >= 4 is 60.5 Å². The van der Waals surface area contributed by atoms with Crippen LogP contribution in [0.15, 0.2) is 205 Å². The molecule has 52 heavy (non-hydrogen) atoms. The van der Waals surface area contributed by atoms with E-state index in [9.17, 15) is 0 Å². The number of fused-ring (bicyclic) bond motifs is 6. The SMILES string of the molecule is c1ccc(-c2cccc(N(c3ccccc3)c3ccc(-c4ccc5oc6c7ccccc7c(-c7ccc8ccccc8c7)cc6c5c4)cc3)c2)cc1. The lowest BCUT2D eigenvalue weighted by molar-refractivity contribution is 0.673. The van der Waals surface area contributed by atoms with E-state index < -0.39 is 0 Å². The molecule has 0 aliphatic rings. The monoisotopic (exact) mass is 663 g/mol. The maximum Gasteiger partial charge on any atom is 0.143 e. The number of rotatable bonds is 6. The van der Waals surface area contributed by atoms with Crippen LogP contribution in [0.3, 0.4) is 0 Å². The molecule has 0 aliphatic carbocycles. The molecule has 0 atom stereocenters. The summed E-state index contributed by atoms with van der Waals surface area (Å²) < 4.78 is 6.60. The van der Waals surface area contributed by atoms with Crippen LogP contribution in [0.5, 0.6) is 0 Å². The van der Waals surface area contributed by atoms with Crippen LogP contribution >= 0.6 is 0 Å². The molecule has 0 saturated carbocycles. The van der Waals surface area contributed by atoms with Crippen molar-refractivity contribution in [1.29, 1.82) is 0 Å². The Labute approximate surface area is 302 Å². The van der Waals surface area contributed by atoms with E-state index in [4.69, 9.17) is 4.42 Å². The van der Waals surface area contributed by atoms with Gasteiger partial charge in [0.25, 0.3) is 0 Å². The first-order valence-electron chi connectivity index (χ1n) is 17.8. The largest absolute Gasteiger partial charge is 0.455 e. The van der Waals surface area contributed by atoms with Gasteiger partial charge in [-0.15, -0.1) is 0 Å². The van der Waals surface area contributed by atoms with E-state index in [1.165, 1.54) is 38.4 Å². The molecule has 10 aromatic rings. The normalized spacial score (nSPS) is 11.5. The van der Waals surface area contributed by atoms with Gasteiger partial charge in [0.05, 0.1) is 0 Å². The lowest BCUT2D eigenvalue weighted by Crippen LogP contribution is -2.09. The van der Waals surface area contributed by atoms with E-state index >= 15 is 0 Å². The summed E-state index contributed by atoms with van der Waals surface area (Å²) in [6.45, 7) is 0. The number of hydrogen-bond donors (Lipinski definition) is 0. The summed E-state index contributed by atoms with van der Waals surface area (Å²) >= 11 is 0. The molecule has 0 N–H and O–H groups in total. The van der Waals surface area contributed by atoms with Gasteiger partial charge in [0.15, 0.2) is 0 Å². The summed E-state index contributed by atoms with van der Waals surface area (Å²) in [4.78, 5) is 2.32. The van der Waals surface area contributed by atoms with Crippen LogP contribution in [0.4, 0.5) is 17.1 Å². The zero-order chi connectivity index (χ0) is 34.4. The Bertz CT molecular complexity index is 2890. The van der Waals surface area contributed by atoms with Crippen LogP contribution in [0.1, 0.15) is 0 Å². The fourth-order valence-corrected chi connectivity index (χ4v) is 7.66. The van der Waals surface area contributed by atoms with Gasteiger partial charge in [-0.25, -0.2) is 0 Å². The quantitative estimate of drug-likeness (QED) is 0.176.